The van der Waals surface area contributed by atoms with Crippen molar-refractivity contribution in [2.24, 2.45) is 5.84 Å². The summed E-state index contributed by atoms with van der Waals surface area (Å²) in [6.45, 7) is 3.78. The van der Waals surface area contributed by atoms with E-state index in [0.29, 0.717) is 6.67 Å². The van der Waals surface area contributed by atoms with Gasteiger partial charge in [0.15, 0.2) is 0 Å². The van der Waals surface area contributed by atoms with Crippen LogP contribution >= 0.6 is 0 Å². The number of hydrogen-bond donors (Lipinski definition) is 3. The fourth-order valence-electron chi connectivity index (χ4n) is 1.33. The Hall–Kier alpha value is -0.900. The van der Waals surface area contributed by atoms with Gasteiger partial charge >= 0.3 is 0 Å². The molecule has 0 unspecified atom stereocenters. The summed E-state index contributed by atoms with van der Waals surface area (Å²) in [4.78, 5) is 0. The molecule has 0 aliphatic rings. The summed E-state index contributed by atoms with van der Waals surface area (Å²) in [5.74, 6) is 5.13. The third-order valence-corrected chi connectivity index (χ3v) is 2.25. The average Bonchev–Trinajstić information content (AvgIpc) is 2.25. The molecule has 4 N–H and O–H groups in total. The van der Waals surface area contributed by atoms with E-state index in [1.807, 2.05) is 0 Å². The summed E-state index contributed by atoms with van der Waals surface area (Å²) >= 11 is 0. The van der Waals surface area contributed by atoms with Gasteiger partial charge in [0.25, 0.3) is 0 Å². The largest absolute Gasteiger partial charge is 0.303 e. The van der Waals surface area contributed by atoms with Crippen LogP contribution in [0.3, 0.4) is 0 Å². The highest BCUT2D eigenvalue weighted by molar-refractivity contribution is 5.22. The third-order valence-electron chi connectivity index (χ3n) is 2.25. The molecule has 0 bridgehead atoms. The van der Waals surface area contributed by atoms with Crippen LogP contribution in [0.4, 0.5) is 0 Å². The van der Waals surface area contributed by atoms with Gasteiger partial charge in [-0.15, -0.1) is 0 Å². The Morgan fingerprint density at radius 2 is 1.79 bits per heavy atom. The second-order valence-electron chi connectivity index (χ2n) is 3.30. The van der Waals surface area contributed by atoms with Gasteiger partial charge in [0.1, 0.15) is 0 Å². The molecule has 14 heavy (non-hydrogen) atoms. The van der Waals surface area contributed by atoms with Crippen LogP contribution in [0.25, 0.3) is 0 Å². The molecule has 78 valence electrons. The van der Waals surface area contributed by atoms with Crippen LogP contribution in [0.15, 0.2) is 24.3 Å². The number of aryl methyl sites for hydroxylation is 1. The lowest BCUT2D eigenvalue weighted by molar-refractivity contribution is 0.602. The van der Waals surface area contributed by atoms with Gasteiger partial charge in [0.05, 0.1) is 6.67 Å². The summed E-state index contributed by atoms with van der Waals surface area (Å²) in [5, 5.41) is 3.18. The van der Waals surface area contributed by atoms with E-state index in [9.17, 15) is 0 Å². The zero-order chi connectivity index (χ0) is 10.2. The van der Waals surface area contributed by atoms with Crippen molar-refractivity contribution in [1.82, 2.24) is 10.7 Å². The van der Waals surface area contributed by atoms with Crippen LogP contribution in [0.5, 0.6) is 0 Å². The fourth-order valence-corrected chi connectivity index (χ4v) is 1.33. The van der Waals surface area contributed by atoms with Gasteiger partial charge < -0.3 is 5.32 Å². The van der Waals surface area contributed by atoms with Gasteiger partial charge in [0, 0.05) is 6.54 Å². The van der Waals surface area contributed by atoms with E-state index in [2.05, 4.69) is 41.9 Å². The minimum atomic E-state index is 0.660. The van der Waals surface area contributed by atoms with E-state index in [4.69, 9.17) is 5.84 Å². The standard InChI is InChI=1S/C11H19N3/c1-2-10-3-5-11(6-4-10)7-8-13-9-14-12/h3-6,13-14H,2,7-9,12H2,1H3. The molecule has 0 heterocycles. The molecule has 0 saturated carbocycles. The molecule has 1 rings (SSSR count). The Morgan fingerprint density at radius 3 is 2.36 bits per heavy atom. The summed E-state index contributed by atoms with van der Waals surface area (Å²) < 4.78 is 0. The van der Waals surface area contributed by atoms with Crippen molar-refractivity contribution in [3.63, 3.8) is 0 Å². The predicted molar refractivity (Wildman–Crippen MR) is 59.7 cm³/mol. The van der Waals surface area contributed by atoms with Crippen molar-refractivity contribution in [3.05, 3.63) is 35.4 Å². The first-order chi connectivity index (χ1) is 6.86. The highest BCUT2D eigenvalue weighted by Gasteiger charge is 1.92. The Morgan fingerprint density at radius 1 is 1.14 bits per heavy atom. The Balaban J connectivity index is 2.29. The molecule has 0 amide bonds. The molecule has 1 aromatic carbocycles. The summed E-state index contributed by atoms with van der Waals surface area (Å²) in [6.07, 6.45) is 2.15. The quantitative estimate of drug-likeness (QED) is 0.271. The Labute approximate surface area is 85.7 Å². The van der Waals surface area contributed by atoms with Crippen molar-refractivity contribution in [2.45, 2.75) is 19.8 Å². The molecule has 3 nitrogen and oxygen atoms in total. The lowest BCUT2D eigenvalue weighted by atomic mass is 10.1. The second-order valence-corrected chi connectivity index (χ2v) is 3.30. The summed E-state index contributed by atoms with van der Waals surface area (Å²) in [7, 11) is 0. The molecule has 0 aromatic heterocycles. The van der Waals surface area contributed by atoms with Crippen molar-refractivity contribution in [1.29, 1.82) is 0 Å². The van der Waals surface area contributed by atoms with Crippen molar-refractivity contribution in [2.75, 3.05) is 13.2 Å². The molecule has 0 spiro atoms. The van der Waals surface area contributed by atoms with Crippen LogP contribution in [0.1, 0.15) is 18.1 Å². The van der Waals surface area contributed by atoms with E-state index in [1.54, 1.807) is 0 Å². The first-order valence-electron chi connectivity index (χ1n) is 5.08. The molecule has 0 atom stereocenters. The van der Waals surface area contributed by atoms with Gasteiger partial charge in [-0.1, -0.05) is 31.2 Å². The maximum atomic E-state index is 5.13. The highest BCUT2D eigenvalue weighted by Crippen LogP contribution is 2.04. The number of hydrazine groups is 1. The fraction of sp³-hybridized carbons (Fsp3) is 0.455. The van der Waals surface area contributed by atoms with Gasteiger partial charge in [-0.05, 0) is 24.0 Å². The van der Waals surface area contributed by atoms with E-state index >= 15 is 0 Å². The van der Waals surface area contributed by atoms with Crippen LogP contribution < -0.4 is 16.6 Å². The lowest BCUT2D eigenvalue weighted by Crippen LogP contribution is -2.34. The third kappa shape index (κ3) is 3.87. The van der Waals surface area contributed by atoms with E-state index in [0.717, 1.165) is 19.4 Å². The van der Waals surface area contributed by atoms with Crippen LogP contribution in [-0.4, -0.2) is 13.2 Å². The maximum Gasteiger partial charge on any atom is 0.0587 e. The SMILES string of the molecule is CCc1ccc(CCNCNN)cc1. The Kier molecular flexibility index (Phi) is 5.22. The van der Waals surface area contributed by atoms with E-state index < -0.39 is 0 Å². The molecule has 0 aliphatic carbocycles. The number of rotatable bonds is 6. The highest BCUT2D eigenvalue weighted by atomic mass is 15.3. The van der Waals surface area contributed by atoms with Gasteiger partial charge in [-0.3, -0.25) is 5.84 Å². The summed E-state index contributed by atoms with van der Waals surface area (Å²) in [6, 6.07) is 8.76. The first-order valence-corrected chi connectivity index (χ1v) is 5.08. The number of hydrogen-bond acceptors (Lipinski definition) is 3. The average molecular weight is 193 g/mol. The number of nitrogens with two attached hydrogens (primary N) is 1. The molecule has 0 fully saturated rings. The number of nitrogens with one attached hydrogen (secondary N) is 2. The predicted octanol–water partition coefficient (Wildman–Crippen LogP) is 0.802. The van der Waals surface area contributed by atoms with E-state index in [-0.39, 0.29) is 0 Å². The molecule has 0 aliphatic heterocycles. The minimum Gasteiger partial charge on any atom is -0.303 e. The van der Waals surface area contributed by atoms with Crippen molar-refractivity contribution >= 4 is 0 Å². The van der Waals surface area contributed by atoms with E-state index in [1.165, 1.54) is 11.1 Å². The molecule has 1 aromatic rings. The van der Waals surface area contributed by atoms with Crippen LogP contribution in [-0.2, 0) is 12.8 Å². The molecule has 0 saturated heterocycles. The summed E-state index contributed by atoms with van der Waals surface area (Å²) in [5.41, 5.74) is 5.32. The van der Waals surface area contributed by atoms with Crippen molar-refractivity contribution < 1.29 is 0 Å². The molecular formula is C11H19N3. The Bertz CT molecular complexity index is 243. The zero-order valence-corrected chi connectivity index (χ0v) is 8.72. The van der Waals surface area contributed by atoms with Gasteiger partial charge in [-0.25, -0.2) is 5.43 Å². The topological polar surface area (TPSA) is 50.1 Å². The normalized spacial score (nSPS) is 10.4. The zero-order valence-electron chi connectivity index (χ0n) is 8.72. The molecular weight excluding hydrogens is 174 g/mol. The molecule has 0 radical (unpaired) electrons. The van der Waals surface area contributed by atoms with Crippen LogP contribution in [0, 0.1) is 0 Å². The monoisotopic (exact) mass is 193 g/mol. The molecule has 3 heteroatoms. The smallest absolute Gasteiger partial charge is 0.0587 e. The lowest BCUT2D eigenvalue weighted by Gasteiger charge is -2.04. The second kappa shape index (κ2) is 6.54. The van der Waals surface area contributed by atoms with Crippen LogP contribution in [0.2, 0.25) is 0 Å². The van der Waals surface area contributed by atoms with Gasteiger partial charge in [0.2, 0.25) is 0 Å². The number of benzene rings is 1. The maximum absolute atomic E-state index is 5.13. The minimum absolute atomic E-state index is 0.660. The van der Waals surface area contributed by atoms with Crippen molar-refractivity contribution in [3.8, 4) is 0 Å². The first kappa shape index (κ1) is 11.2. The van der Waals surface area contributed by atoms with Gasteiger partial charge in [-0.2, -0.15) is 0 Å².